The van der Waals surface area contributed by atoms with E-state index in [1.807, 2.05) is 37.3 Å². The highest BCUT2D eigenvalue weighted by Gasteiger charge is 2.22. The number of aryl methyl sites for hydroxylation is 1. The fourth-order valence-corrected chi connectivity index (χ4v) is 4.14. The quantitative estimate of drug-likeness (QED) is 0.622. The van der Waals surface area contributed by atoms with E-state index in [2.05, 4.69) is 16.3 Å². The van der Waals surface area contributed by atoms with Gasteiger partial charge in [0.15, 0.2) is 11.5 Å². The van der Waals surface area contributed by atoms with Gasteiger partial charge in [-0.2, -0.15) is 0 Å². The molecule has 0 spiro atoms. The number of piperidine rings is 1. The Kier molecular flexibility index (Phi) is 6.42. The summed E-state index contributed by atoms with van der Waals surface area (Å²) < 4.78 is 16.3. The van der Waals surface area contributed by atoms with Crippen LogP contribution in [0.25, 0.3) is 10.9 Å². The van der Waals surface area contributed by atoms with Gasteiger partial charge in [-0.3, -0.25) is 0 Å². The molecule has 1 saturated heterocycles. The molecule has 2 heterocycles. The van der Waals surface area contributed by atoms with Crippen LogP contribution >= 0.6 is 0 Å². The Hall–Kier alpha value is -3.06. The summed E-state index contributed by atoms with van der Waals surface area (Å²) in [5.41, 5.74) is 3.03. The number of methoxy groups -OCH3 is 3. The first-order chi connectivity index (χ1) is 15.1. The van der Waals surface area contributed by atoms with Crippen LogP contribution in [0.4, 0.5) is 5.95 Å². The van der Waals surface area contributed by atoms with Crippen LogP contribution < -0.4 is 24.4 Å². The topological polar surface area (TPSA) is 68.7 Å². The highest BCUT2D eigenvalue weighted by Crippen LogP contribution is 2.31. The number of aromatic nitrogens is 2. The minimum atomic E-state index is 0.443. The summed E-state index contributed by atoms with van der Waals surface area (Å²) in [5, 5.41) is 4.71. The van der Waals surface area contributed by atoms with Gasteiger partial charge in [-0.1, -0.05) is 12.1 Å². The van der Waals surface area contributed by atoms with Crippen molar-refractivity contribution in [3.63, 3.8) is 0 Å². The molecule has 1 fully saturated rings. The van der Waals surface area contributed by atoms with Gasteiger partial charge < -0.3 is 24.4 Å². The van der Waals surface area contributed by atoms with Gasteiger partial charge in [0.1, 0.15) is 5.75 Å². The second-order valence-corrected chi connectivity index (χ2v) is 7.79. The zero-order valence-corrected chi connectivity index (χ0v) is 18.6. The first-order valence-corrected chi connectivity index (χ1v) is 10.6. The van der Waals surface area contributed by atoms with E-state index in [0.29, 0.717) is 6.04 Å². The zero-order valence-electron chi connectivity index (χ0n) is 18.6. The molecule has 0 radical (unpaired) electrons. The smallest absolute Gasteiger partial charge is 0.226 e. The fraction of sp³-hybridized carbons (Fsp3) is 0.417. The SMILES string of the molecule is COc1ccc2nc(N3CCC(NCc4cccc(OC)c4OC)CC3)nc(C)c2c1. The molecular weight excluding hydrogens is 392 g/mol. The highest BCUT2D eigenvalue weighted by molar-refractivity contribution is 5.83. The largest absolute Gasteiger partial charge is 0.497 e. The molecule has 0 unspecified atom stereocenters. The third-order valence-corrected chi connectivity index (χ3v) is 5.93. The van der Waals surface area contributed by atoms with Gasteiger partial charge in [0, 0.05) is 36.6 Å². The monoisotopic (exact) mass is 422 g/mol. The summed E-state index contributed by atoms with van der Waals surface area (Å²) in [6, 6.07) is 12.4. The maximum absolute atomic E-state index is 5.55. The van der Waals surface area contributed by atoms with Crippen molar-refractivity contribution >= 4 is 16.9 Å². The van der Waals surface area contributed by atoms with E-state index >= 15 is 0 Å². The van der Waals surface area contributed by atoms with Crippen LogP contribution in [0, 0.1) is 6.92 Å². The van der Waals surface area contributed by atoms with Crippen LogP contribution in [0.5, 0.6) is 17.2 Å². The van der Waals surface area contributed by atoms with E-state index in [9.17, 15) is 0 Å². The molecule has 1 aliphatic heterocycles. The van der Waals surface area contributed by atoms with Gasteiger partial charge in [0.05, 0.1) is 32.5 Å². The molecule has 7 heteroatoms. The Balaban J connectivity index is 1.39. The molecule has 0 saturated carbocycles. The Morgan fingerprint density at radius 3 is 2.52 bits per heavy atom. The molecule has 4 rings (SSSR count). The Morgan fingerprint density at radius 1 is 1.00 bits per heavy atom. The first-order valence-electron chi connectivity index (χ1n) is 10.6. The summed E-state index contributed by atoms with van der Waals surface area (Å²) in [4.78, 5) is 11.9. The van der Waals surface area contributed by atoms with Gasteiger partial charge in [0.25, 0.3) is 0 Å². The van der Waals surface area contributed by atoms with Crippen molar-refractivity contribution in [3.05, 3.63) is 47.7 Å². The Labute approximate surface area is 183 Å². The van der Waals surface area contributed by atoms with Crippen molar-refractivity contribution in [1.82, 2.24) is 15.3 Å². The highest BCUT2D eigenvalue weighted by atomic mass is 16.5. The minimum absolute atomic E-state index is 0.443. The lowest BCUT2D eigenvalue weighted by Gasteiger charge is -2.33. The molecule has 1 aliphatic rings. The number of ether oxygens (including phenoxy) is 3. The van der Waals surface area contributed by atoms with E-state index in [0.717, 1.165) is 77.8 Å². The number of hydrogen-bond donors (Lipinski definition) is 1. The van der Waals surface area contributed by atoms with Crippen molar-refractivity contribution < 1.29 is 14.2 Å². The van der Waals surface area contributed by atoms with Gasteiger partial charge >= 0.3 is 0 Å². The average molecular weight is 423 g/mol. The van der Waals surface area contributed by atoms with Crippen molar-refractivity contribution in [3.8, 4) is 17.2 Å². The van der Waals surface area contributed by atoms with Crippen molar-refractivity contribution in [2.24, 2.45) is 0 Å². The predicted octanol–water partition coefficient (Wildman–Crippen LogP) is 3.72. The number of rotatable bonds is 7. The first kappa shape index (κ1) is 21.2. The summed E-state index contributed by atoms with van der Waals surface area (Å²) in [7, 11) is 5.02. The minimum Gasteiger partial charge on any atom is -0.497 e. The lowest BCUT2D eigenvalue weighted by Crippen LogP contribution is -2.43. The van der Waals surface area contributed by atoms with Gasteiger partial charge in [-0.05, 0) is 44.0 Å². The Bertz CT molecular complexity index is 1050. The summed E-state index contributed by atoms with van der Waals surface area (Å²) in [6.07, 6.45) is 2.07. The Morgan fingerprint density at radius 2 is 1.81 bits per heavy atom. The predicted molar refractivity (Wildman–Crippen MR) is 122 cm³/mol. The van der Waals surface area contributed by atoms with Crippen molar-refractivity contribution in [2.45, 2.75) is 32.4 Å². The van der Waals surface area contributed by atoms with Crippen LogP contribution in [0.15, 0.2) is 36.4 Å². The molecule has 7 nitrogen and oxygen atoms in total. The number of benzene rings is 2. The van der Waals surface area contributed by atoms with Gasteiger partial charge in [0.2, 0.25) is 5.95 Å². The molecule has 0 amide bonds. The number of hydrogen-bond acceptors (Lipinski definition) is 7. The van der Waals surface area contributed by atoms with E-state index in [4.69, 9.17) is 24.2 Å². The van der Waals surface area contributed by atoms with Crippen LogP contribution in [-0.2, 0) is 6.54 Å². The maximum Gasteiger partial charge on any atom is 0.226 e. The van der Waals surface area contributed by atoms with E-state index < -0.39 is 0 Å². The average Bonchev–Trinajstić information content (AvgIpc) is 2.82. The molecule has 3 aromatic rings. The molecule has 2 aromatic carbocycles. The molecule has 0 atom stereocenters. The number of fused-ring (bicyclic) bond motifs is 1. The second-order valence-electron chi connectivity index (χ2n) is 7.79. The van der Waals surface area contributed by atoms with Crippen molar-refractivity contribution in [2.75, 3.05) is 39.3 Å². The summed E-state index contributed by atoms with van der Waals surface area (Å²) >= 11 is 0. The number of anilines is 1. The van der Waals surface area contributed by atoms with Gasteiger partial charge in [-0.25, -0.2) is 9.97 Å². The van der Waals surface area contributed by atoms with Crippen LogP contribution in [0.2, 0.25) is 0 Å². The molecule has 1 aromatic heterocycles. The normalized spacial score (nSPS) is 14.6. The number of para-hydroxylation sites is 1. The zero-order chi connectivity index (χ0) is 21.8. The van der Waals surface area contributed by atoms with Crippen LogP contribution in [-0.4, -0.2) is 50.4 Å². The molecule has 1 N–H and O–H groups in total. The second kappa shape index (κ2) is 9.39. The van der Waals surface area contributed by atoms with E-state index in [-0.39, 0.29) is 0 Å². The standard InChI is InChI=1S/C24H30N4O3/c1-16-20-14-19(29-2)8-9-21(20)27-24(26-16)28-12-10-18(11-13-28)25-15-17-6-5-7-22(30-3)23(17)31-4/h5-9,14,18,25H,10-13,15H2,1-4H3. The molecular formula is C24H30N4O3. The molecule has 0 aliphatic carbocycles. The van der Waals surface area contributed by atoms with Crippen LogP contribution in [0.1, 0.15) is 24.1 Å². The number of nitrogens with one attached hydrogen (secondary N) is 1. The third-order valence-electron chi connectivity index (χ3n) is 5.93. The van der Waals surface area contributed by atoms with Crippen molar-refractivity contribution in [1.29, 1.82) is 0 Å². The summed E-state index contributed by atoms with van der Waals surface area (Å²) in [5.74, 6) is 3.19. The fourth-order valence-electron chi connectivity index (χ4n) is 4.14. The third kappa shape index (κ3) is 4.51. The molecule has 0 bridgehead atoms. The van der Waals surface area contributed by atoms with Crippen LogP contribution in [0.3, 0.4) is 0 Å². The van der Waals surface area contributed by atoms with E-state index in [1.54, 1.807) is 21.3 Å². The lowest BCUT2D eigenvalue weighted by molar-refractivity contribution is 0.347. The number of nitrogens with zero attached hydrogens (tertiary/aromatic N) is 3. The van der Waals surface area contributed by atoms with E-state index in [1.165, 1.54) is 0 Å². The maximum atomic E-state index is 5.55. The molecule has 164 valence electrons. The summed E-state index contributed by atoms with van der Waals surface area (Å²) in [6.45, 7) is 4.63. The molecule has 31 heavy (non-hydrogen) atoms. The van der Waals surface area contributed by atoms with Gasteiger partial charge in [-0.15, -0.1) is 0 Å². The lowest BCUT2D eigenvalue weighted by atomic mass is 10.0.